The Labute approximate surface area is 177 Å². The number of hydrogen-bond acceptors (Lipinski definition) is 4. The zero-order valence-corrected chi connectivity index (χ0v) is 17.9. The minimum atomic E-state index is -0.577. The summed E-state index contributed by atoms with van der Waals surface area (Å²) >= 11 is 9.98. The first-order valence-corrected chi connectivity index (χ1v) is 11.5. The average Bonchev–Trinajstić information content (AvgIpc) is 3.09. The summed E-state index contributed by atoms with van der Waals surface area (Å²) in [6.07, 6.45) is 2.89. The van der Waals surface area contributed by atoms with Gasteiger partial charge in [0.2, 0.25) is 0 Å². The van der Waals surface area contributed by atoms with E-state index in [0.29, 0.717) is 17.1 Å². The number of halogens is 2. The van der Waals surface area contributed by atoms with Crippen LogP contribution in [0.5, 0.6) is 0 Å². The fourth-order valence-electron chi connectivity index (χ4n) is 3.65. The number of benzene rings is 2. The van der Waals surface area contributed by atoms with Crippen molar-refractivity contribution in [3.63, 3.8) is 0 Å². The Balaban J connectivity index is 2.02. The van der Waals surface area contributed by atoms with Gasteiger partial charge in [-0.05, 0) is 49.1 Å². The van der Waals surface area contributed by atoms with E-state index in [4.69, 9.17) is 17.3 Å². The third kappa shape index (κ3) is 3.36. The molecule has 1 aromatic heterocycles. The first kappa shape index (κ1) is 19.8. The van der Waals surface area contributed by atoms with E-state index in [9.17, 15) is 0 Å². The van der Waals surface area contributed by atoms with Gasteiger partial charge in [0.15, 0.2) is 0 Å². The summed E-state index contributed by atoms with van der Waals surface area (Å²) in [6, 6.07) is 12.9. The number of rotatable bonds is 4. The average molecular weight is 434 g/mol. The maximum absolute atomic E-state index is 15.0. The molecule has 0 aliphatic carbocycles. The molecule has 1 saturated heterocycles. The molecular weight excluding hydrogens is 413 g/mol. The first-order chi connectivity index (χ1) is 13.6. The van der Waals surface area contributed by atoms with Gasteiger partial charge in [-0.1, -0.05) is 29.8 Å². The topological polar surface area (TPSA) is 43.8 Å². The summed E-state index contributed by atoms with van der Waals surface area (Å²) in [4.78, 5) is 4.45. The minimum Gasteiger partial charge on any atom is -0.325 e. The van der Waals surface area contributed by atoms with Crippen molar-refractivity contribution >= 4 is 35.1 Å². The van der Waals surface area contributed by atoms with E-state index >= 15 is 4.39 Å². The summed E-state index contributed by atoms with van der Waals surface area (Å²) in [6.45, 7) is 2.32. The monoisotopic (exact) mass is 433 g/mol. The van der Waals surface area contributed by atoms with Crippen LogP contribution in [0.15, 0.2) is 48.7 Å². The highest BCUT2D eigenvalue weighted by Crippen LogP contribution is 2.57. The maximum Gasteiger partial charge on any atom is 0.129 e. The van der Waals surface area contributed by atoms with Gasteiger partial charge in [0.25, 0.3) is 0 Å². The molecule has 0 radical (unpaired) electrons. The predicted octanol–water partition coefficient (Wildman–Crippen LogP) is 5.50. The van der Waals surface area contributed by atoms with Crippen LogP contribution < -0.4 is 5.73 Å². The van der Waals surface area contributed by atoms with Crippen molar-refractivity contribution in [1.82, 2.24) is 9.55 Å². The number of nitrogens with zero attached hydrogens (tertiary/aromatic N) is 2. The lowest BCUT2D eigenvalue weighted by Gasteiger charge is -2.38. The molecule has 2 aromatic carbocycles. The van der Waals surface area contributed by atoms with Gasteiger partial charge in [-0.15, -0.1) is 23.5 Å². The molecule has 0 atom stereocenters. The second kappa shape index (κ2) is 8.11. The first-order valence-electron chi connectivity index (χ1n) is 9.13. The summed E-state index contributed by atoms with van der Waals surface area (Å²) < 4.78 is 16.5. The van der Waals surface area contributed by atoms with Crippen LogP contribution in [0.4, 0.5) is 4.39 Å². The lowest BCUT2D eigenvalue weighted by molar-refractivity contribution is 0.609. The molecule has 0 amide bonds. The van der Waals surface area contributed by atoms with Crippen LogP contribution in [0.25, 0.3) is 5.69 Å². The predicted molar refractivity (Wildman–Crippen MR) is 118 cm³/mol. The summed E-state index contributed by atoms with van der Waals surface area (Å²) in [5.74, 6) is 2.56. The van der Waals surface area contributed by atoms with Crippen molar-refractivity contribution in [1.29, 1.82) is 0 Å². The molecule has 1 fully saturated rings. The Morgan fingerprint density at radius 2 is 1.93 bits per heavy atom. The molecule has 0 spiro atoms. The second-order valence-electron chi connectivity index (χ2n) is 6.64. The lowest BCUT2D eigenvalue weighted by Crippen LogP contribution is -2.27. The van der Waals surface area contributed by atoms with Gasteiger partial charge in [-0.25, -0.2) is 9.37 Å². The molecule has 0 saturated carbocycles. The van der Waals surface area contributed by atoms with Crippen molar-refractivity contribution in [2.24, 2.45) is 5.73 Å². The van der Waals surface area contributed by atoms with Crippen molar-refractivity contribution in [3.05, 3.63) is 82.1 Å². The molecule has 1 aliphatic heterocycles. The molecule has 3 aromatic rings. The van der Waals surface area contributed by atoms with Crippen LogP contribution in [-0.4, -0.2) is 21.1 Å². The van der Waals surface area contributed by atoms with Crippen LogP contribution in [0.1, 0.15) is 29.1 Å². The van der Waals surface area contributed by atoms with Crippen LogP contribution in [0.3, 0.4) is 0 Å². The smallest absolute Gasteiger partial charge is 0.129 e. The molecule has 1 aliphatic rings. The zero-order valence-electron chi connectivity index (χ0n) is 15.5. The molecule has 146 valence electrons. The van der Waals surface area contributed by atoms with Gasteiger partial charge in [0.1, 0.15) is 15.7 Å². The SMILES string of the molecule is Cc1ncc(CN)n1-c1ccc(Cl)cc1C1(c2ccccc2F)SCCCS1. The van der Waals surface area contributed by atoms with Gasteiger partial charge in [-0.2, -0.15) is 0 Å². The van der Waals surface area contributed by atoms with E-state index in [2.05, 4.69) is 9.55 Å². The van der Waals surface area contributed by atoms with Gasteiger partial charge in [0.05, 0.1) is 17.6 Å². The number of aryl methyl sites for hydroxylation is 1. The van der Waals surface area contributed by atoms with E-state index in [-0.39, 0.29) is 5.82 Å². The third-order valence-electron chi connectivity index (χ3n) is 4.90. The van der Waals surface area contributed by atoms with Crippen molar-refractivity contribution < 1.29 is 4.39 Å². The molecular formula is C21H21ClFN3S2. The van der Waals surface area contributed by atoms with Gasteiger partial charge in [0, 0.05) is 22.7 Å². The largest absolute Gasteiger partial charge is 0.325 e. The third-order valence-corrected chi connectivity index (χ3v) is 8.52. The fraction of sp³-hybridized carbons (Fsp3) is 0.286. The van der Waals surface area contributed by atoms with E-state index in [1.54, 1.807) is 35.8 Å². The summed E-state index contributed by atoms with van der Waals surface area (Å²) in [5, 5.41) is 0.633. The quantitative estimate of drug-likeness (QED) is 0.589. The lowest BCUT2D eigenvalue weighted by atomic mass is 10.0. The minimum absolute atomic E-state index is 0.197. The number of hydrogen-bond donors (Lipinski definition) is 1. The van der Waals surface area contributed by atoms with Crippen molar-refractivity contribution in [2.75, 3.05) is 11.5 Å². The van der Waals surface area contributed by atoms with Gasteiger partial charge < -0.3 is 5.73 Å². The Morgan fingerprint density at radius 3 is 2.64 bits per heavy atom. The Hall–Kier alpha value is -1.47. The van der Waals surface area contributed by atoms with Crippen LogP contribution in [-0.2, 0) is 10.6 Å². The highest BCUT2D eigenvalue weighted by molar-refractivity contribution is 8.18. The van der Waals surface area contributed by atoms with Crippen LogP contribution in [0.2, 0.25) is 5.02 Å². The Morgan fingerprint density at radius 1 is 1.18 bits per heavy atom. The number of nitrogens with two attached hydrogens (primary N) is 1. The molecule has 4 rings (SSSR count). The molecule has 0 unspecified atom stereocenters. The highest BCUT2D eigenvalue weighted by atomic mass is 35.5. The summed E-state index contributed by atoms with van der Waals surface area (Å²) in [7, 11) is 0. The molecule has 2 N–H and O–H groups in total. The van der Waals surface area contributed by atoms with Gasteiger partial charge in [-0.3, -0.25) is 4.57 Å². The molecule has 2 heterocycles. The van der Waals surface area contributed by atoms with Crippen molar-refractivity contribution in [2.45, 2.75) is 24.0 Å². The molecule has 0 bridgehead atoms. The standard InChI is InChI=1S/C21H21ClFN3S2/c1-14-25-13-16(12-24)26(14)20-8-7-15(22)11-18(20)21(27-9-4-10-28-21)17-5-2-3-6-19(17)23/h2-3,5-8,11,13H,4,9-10,12,24H2,1H3. The van der Waals surface area contributed by atoms with Crippen LogP contribution >= 0.6 is 35.1 Å². The van der Waals surface area contributed by atoms with Crippen LogP contribution in [0, 0.1) is 12.7 Å². The van der Waals surface area contributed by atoms with E-state index < -0.39 is 4.08 Å². The number of aromatic nitrogens is 2. The molecule has 28 heavy (non-hydrogen) atoms. The molecule has 7 heteroatoms. The number of imidazole rings is 1. The van der Waals surface area contributed by atoms with Gasteiger partial charge >= 0.3 is 0 Å². The zero-order chi connectivity index (χ0) is 19.7. The second-order valence-corrected chi connectivity index (χ2v) is 9.96. The van der Waals surface area contributed by atoms with E-state index in [0.717, 1.165) is 40.7 Å². The van der Waals surface area contributed by atoms with E-state index in [1.807, 2.05) is 37.3 Å². The Bertz CT molecular complexity index is 999. The number of thioether (sulfide) groups is 2. The summed E-state index contributed by atoms with van der Waals surface area (Å²) in [5.41, 5.74) is 9.50. The normalized spacial score (nSPS) is 16.3. The fourth-order valence-corrected chi connectivity index (χ4v) is 7.27. The molecule has 3 nitrogen and oxygen atoms in total. The highest BCUT2D eigenvalue weighted by Gasteiger charge is 2.42. The van der Waals surface area contributed by atoms with E-state index in [1.165, 1.54) is 6.07 Å². The Kier molecular flexibility index (Phi) is 5.74. The maximum atomic E-state index is 15.0. The van der Waals surface area contributed by atoms with Crippen molar-refractivity contribution in [3.8, 4) is 5.69 Å².